The Morgan fingerprint density at radius 1 is 0.338 bits per heavy atom. The summed E-state index contributed by atoms with van der Waals surface area (Å²) in [5, 5.41) is 24.5. The van der Waals surface area contributed by atoms with Crippen LogP contribution in [0.4, 0.5) is 5.69 Å². The Morgan fingerprint density at radius 3 is 0.925 bits per heavy atom. The lowest BCUT2D eigenvalue weighted by atomic mass is 9.97. The zero-order valence-corrected chi connectivity index (χ0v) is 74.6. The minimum absolute atomic E-state index is 0.00897. The standard InChI is InChI=1S/C106H115N11O16/c107-90-43-41-80(42-44-90)69-89(70-112(57-49-108-99(118)91-45-53-114(61-65-126-72-81-25-9-1-10-26-81)103(122)95(91)130-76-85-33-17-5-18-34-85)58-50-109-100(119)92-46-54-115(62-66-127-73-82-27-11-2-12-28-82)104(123)96(92)131-77-86-35-19-6-20-36-86)71-113(59-51-110-101(120)93-47-55-116(63-67-128-74-83-29-13-3-14-30-83)105(124)97(93)132-78-87-37-21-7-22-38-87)60-52-111-102(121)94-48-56-117(64-68-129-75-84-31-15-4-16-32-84)106(125)98(94)133-79-88-39-23-8-24-40-88/h1-48,53-56,89,103,122H,49-52,57-79,107H2,(H,108,118)(H,109,119)(H,110,120)(H,111,121). The molecule has 4 amide bonds. The van der Waals surface area contributed by atoms with Crippen LogP contribution in [0.2, 0.25) is 0 Å². The summed E-state index contributed by atoms with van der Waals surface area (Å²) in [7, 11) is 0. The van der Waals surface area contributed by atoms with Crippen LogP contribution < -0.4 is 57.9 Å². The van der Waals surface area contributed by atoms with E-state index in [0.29, 0.717) is 45.1 Å². The highest BCUT2D eigenvalue weighted by Crippen LogP contribution is 2.26. The van der Waals surface area contributed by atoms with Gasteiger partial charge < -0.3 is 88.6 Å². The maximum atomic E-state index is 15.0. The van der Waals surface area contributed by atoms with Crippen LogP contribution in [-0.2, 0) is 107 Å². The molecule has 7 N–H and O–H groups in total. The van der Waals surface area contributed by atoms with Gasteiger partial charge in [0.1, 0.15) is 26.4 Å². The molecule has 0 aliphatic carbocycles. The van der Waals surface area contributed by atoms with Gasteiger partial charge in [0.15, 0.2) is 29.2 Å². The van der Waals surface area contributed by atoms with E-state index in [2.05, 4.69) is 31.1 Å². The second-order valence-corrected chi connectivity index (χ2v) is 32.1. The number of ether oxygens (including phenoxy) is 8. The largest absolute Gasteiger partial charge is 0.488 e. The Balaban J connectivity index is 0.794. The number of anilines is 1. The van der Waals surface area contributed by atoms with Gasteiger partial charge in [-0.05, 0) is 98.8 Å². The Labute approximate surface area is 774 Å². The number of nitrogens with one attached hydrogen (secondary N) is 4. The number of nitrogens with two attached hydrogens (primary N) is 1. The van der Waals surface area contributed by atoms with E-state index in [4.69, 9.17) is 43.6 Å². The lowest BCUT2D eigenvalue weighted by molar-refractivity contribution is -0.118. The van der Waals surface area contributed by atoms with Crippen LogP contribution in [0.3, 0.4) is 0 Å². The number of carbonyl (C=O) groups excluding carboxylic acids is 4. The molecule has 133 heavy (non-hydrogen) atoms. The maximum Gasteiger partial charge on any atom is 0.293 e. The third-order valence-electron chi connectivity index (χ3n) is 22.3. The number of pyridine rings is 3. The van der Waals surface area contributed by atoms with Gasteiger partial charge >= 0.3 is 0 Å². The molecule has 2 atom stereocenters. The third kappa shape index (κ3) is 30.4. The number of aliphatic hydroxyl groups is 1. The molecule has 0 saturated carbocycles. The quantitative estimate of drug-likeness (QED) is 0.0152. The Morgan fingerprint density at radius 2 is 0.617 bits per heavy atom. The molecule has 1 aliphatic rings. The van der Waals surface area contributed by atoms with E-state index in [-0.39, 0.29) is 189 Å². The minimum Gasteiger partial charge on any atom is -0.488 e. The SMILES string of the molecule is Nc1ccc(CC(CN(CCNC(=O)C2=C(OCc3ccccc3)C(O)N(CCOCc3ccccc3)C=C2)CCNC(=O)c2ccn(CCOCc3ccccc3)c(=O)c2OCc2ccccc2)CN(CCNC(=O)c2ccn(CCOCc3ccccc3)c(=O)c2OCc2ccccc2)CCNC(=O)c2ccn(CCOCc3ccccc3)c(=O)c2OCc2ccccc2)cc1. The summed E-state index contributed by atoms with van der Waals surface area (Å²) in [6.07, 6.45) is 6.98. The van der Waals surface area contributed by atoms with Gasteiger partial charge in [0.2, 0.25) is 0 Å². The molecule has 2 unspecified atom stereocenters. The van der Waals surface area contributed by atoms with E-state index >= 15 is 0 Å². The van der Waals surface area contributed by atoms with Gasteiger partial charge in [0.25, 0.3) is 40.3 Å². The topological polar surface area (TPSA) is 312 Å². The number of aliphatic hydroxyl groups excluding tert-OH is 1. The Hall–Kier alpha value is -14.3. The fourth-order valence-corrected chi connectivity index (χ4v) is 15.1. The van der Waals surface area contributed by atoms with Gasteiger partial charge in [0, 0.05) is 122 Å². The summed E-state index contributed by atoms with van der Waals surface area (Å²) >= 11 is 0. The van der Waals surface area contributed by atoms with Gasteiger partial charge in [0.05, 0.1) is 75.1 Å². The normalized spacial score (nSPS) is 12.6. The molecule has 690 valence electrons. The lowest BCUT2D eigenvalue weighted by Crippen LogP contribution is -2.46. The molecular weight excluding hydrogens is 1680 g/mol. The van der Waals surface area contributed by atoms with Crippen LogP contribution in [0.5, 0.6) is 17.2 Å². The summed E-state index contributed by atoms with van der Waals surface area (Å²) < 4.78 is 53.8. The zero-order valence-electron chi connectivity index (χ0n) is 74.6. The second kappa shape index (κ2) is 51.9. The highest BCUT2D eigenvalue weighted by molar-refractivity contribution is 5.98. The van der Waals surface area contributed by atoms with Gasteiger partial charge in [-0.25, -0.2) is 0 Å². The van der Waals surface area contributed by atoms with Crippen molar-refractivity contribution in [3.8, 4) is 17.2 Å². The van der Waals surface area contributed by atoms with Crippen molar-refractivity contribution in [2.45, 2.75) is 85.1 Å². The molecule has 0 radical (unpaired) electrons. The first-order valence-electron chi connectivity index (χ1n) is 44.8. The molecular formula is C106H115N11O16. The third-order valence-corrected chi connectivity index (χ3v) is 22.3. The number of amides is 4. The minimum atomic E-state index is -1.37. The van der Waals surface area contributed by atoms with Gasteiger partial charge in [-0.15, -0.1) is 0 Å². The first-order chi connectivity index (χ1) is 65.2. The smallest absolute Gasteiger partial charge is 0.293 e. The number of nitrogens with zero attached hydrogens (tertiary/aromatic N) is 6. The number of rotatable bonds is 54. The number of aromatic nitrogens is 3. The molecule has 1 aliphatic heterocycles. The zero-order chi connectivity index (χ0) is 92.4. The molecule has 0 spiro atoms. The molecule has 9 aromatic carbocycles. The molecule has 27 heteroatoms. The van der Waals surface area contributed by atoms with Crippen molar-refractivity contribution in [1.29, 1.82) is 0 Å². The Kier molecular flexibility index (Phi) is 37.6. The Bertz CT molecular complexity index is 5710. The highest BCUT2D eigenvalue weighted by atomic mass is 16.5. The van der Waals surface area contributed by atoms with Crippen LogP contribution in [0.15, 0.2) is 342 Å². The van der Waals surface area contributed by atoms with Crippen LogP contribution in [0.1, 0.15) is 81.1 Å². The predicted molar refractivity (Wildman–Crippen MR) is 510 cm³/mol. The summed E-state index contributed by atoms with van der Waals surface area (Å²) in [5.74, 6) is -3.02. The van der Waals surface area contributed by atoms with Crippen molar-refractivity contribution >= 4 is 29.3 Å². The van der Waals surface area contributed by atoms with E-state index in [9.17, 15) is 38.7 Å². The van der Waals surface area contributed by atoms with Crippen molar-refractivity contribution in [3.63, 3.8) is 0 Å². The van der Waals surface area contributed by atoms with Gasteiger partial charge in [-0.2, -0.15) is 0 Å². The summed E-state index contributed by atoms with van der Waals surface area (Å²) in [6.45, 7) is 4.37. The van der Waals surface area contributed by atoms with E-state index in [1.807, 2.05) is 267 Å². The first kappa shape index (κ1) is 96.3. The van der Waals surface area contributed by atoms with E-state index in [0.717, 1.165) is 50.1 Å². The average Bonchev–Trinajstić information content (AvgIpc) is 0.822. The molecule has 3 aromatic heterocycles. The van der Waals surface area contributed by atoms with Crippen molar-refractivity contribution in [1.82, 2.24) is 49.7 Å². The highest BCUT2D eigenvalue weighted by Gasteiger charge is 2.31. The monoisotopic (exact) mass is 1800 g/mol. The van der Waals surface area contributed by atoms with Crippen molar-refractivity contribution in [3.05, 3.63) is 425 Å². The first-order valence-corrected chi connectivity index (χ1v) is 44.8. The predicted octanol–water partition coefficient (Wildman–Crippen LogP) is 12.1. The fraction of sp³-hybridized carbons (Fsp3) is 0.274. The number of carbonyl (C=O) groups is 4. The molecule has 12 aromatic rings. The maximum absolute atomic E-state index is 15.0. The molecule has 0 bridgehead atoms. The molecule has 0 saturated heterocycles. The van der Waals surface area contributed by atoms with Crippen LogP contribution in [-0.4, -0.2) is 162 Å². The summed E-state index contributed by atoms with van der Waals surface area (Å²) in [4.78, 5) is 109. The number of hydrogen-bond donors (Lipinski definition) is 6. The molecule has 4 heterocycles. The molecule has 0 fully saturated rings. The number of hydrogen-bond acceptors (Lipinski definition) is 20. The summed E-state index contributed by atoms with van der Waals surface area (Å²) in [5.41, 5.74) is 13.4. The number of nitrogen functional groups attached to an aromatic ring is 1. The van der Waals surface area contributed by atoms with Crippen LogP contribution >= 0.6 is 0 Å². The van der Waals surface area contributed by atoms with E-state index < -0.39 is 46.5 Å². The summed E-state index contributed by atoms with van der Waals surface area (Å²) in [6, 6.07) is 88.4. The van der Waals surface area contributed by atoms with Crippen LogP contribution in [0.25, 0.3) is 0 Å². The number of benzene rings is 9. The molecule has 13 rings (SSSR count). The fourth-order valence-electron chi connectivity index (χ4n) is 15.1. The molecule has 27 nitrogen and oxygen atoms in total. The lowest BCUT2D eigenvalue weighted by Gasteiger charge is -2.33. The van der Waals surface area contributed by atoms with Gasteiger partial charge in [-0.3, -0.25) is 43.4 Å². The van der Waals surface area contributed by atoms with Crippen molar-refractivity contribution in [2.75, 3.05) is 104 Å². The van der Waals surface area contributed by atoms with Crippen molar-refractivity contribution in [2.24, 2.45) is 5.92 Å². The van der Waals surface area contributed by atoms with Crippen molar-refractivity contribution < 1.29 is 62.2 Å². The van der Waals surface area contributed by atoms with Gasteiger partial charge in [-0.1, -0.05) is 255 Å². The second-order valence-electron chi connectivity index (χ2n) is 32.1. The van der Waals surface area contributed by atoms with E-state index in [1.54, 1.807) is 54.0 Å². The average molecular weight is 1800 g/mol. The van der Waals surface area contributed by atoms with E-state index in [1.165, 1.54) is 13.7 Å². The van der Waals surface area contributed by atoms with Crippen LogP contribution in [0, 0.1) is 5.92 Å².